The van der Waals surface area contributed by atoms with E-state index in [1.807, 2.05) is 30.3 Å². The fourth-order valence-electron chi connectivity index (χ4n) is 6.00. The van der Waals surface area contributed by atoms with Gasteiger partial charge in [0.1, 0.15) is 5.75 Å². The number of carbonyl (C=O) groups excluding carboxylic acids is 2. The van der Waals surface area contributed by atoms with Crippen molar-refractivity contribution in [3.05, 3.63) is 30.3 Å². The smallest absolute Gasteiger partial charge is 0.241 e. The van der Waals surface area contributed by atoms with E-state index in [1.165, 1.54) is 19.3 Å². The first-order chi connectivity index (χ1) is 13.5. The lowest BCUT2D eigenvalue weighted by Gasteiger charge is -2.55. The van der Waals surface area contributed by atoms with E-state index >= 15 is 0 Å². The molecule has 4 saturated carbocycles. The summed E-state index contributed by atoms with van der Waals surface area (Å²) < 4.78 is 5.66. The van der Waals surface area contributed by atoms with Crippen molar-refractivity contribution in [2.24, 2.45) is 23.2 Å². The van der Waals surface area contributed by atoms with Crippen molar-refractivity contribution in [2.75, 3.05) is 26.7 Å². The molecule has 152 valence electrons. The third-order valence-corrected chi connectivity index (χ3v) is 7.00. The number of hydrogen-bond donors (Lipinski definition) is 1. The molecule has 5 heteroatoms. The molecular weight excluding hydrogens is 352 g/mol. The van der Waals surface area contributed by atoms with Crippen molar-refractivity contribution < 1.29 is 14.3 Å². The molecule has 1 N–H and O–H groups in total. The quantitative estimate of drug-likeness (QED) is 0.700. The first-order valence-corrected chi connectivity index (χ1v) is 10.7. The van der Waals surface area contributed by atoms with Gasteiger partial charge in [-0.25, -0.2) is 0 Å². The van der Waals surface area contributed by atoms with Gasteiger partial charge >= 0.3 is 0 Å². The van der Waals surface area contributed by atoms with Crippen molar-refractivity contribution >= 4 is 11.8 Å². The molecule has 0 aliphatic heterocycles. The second-order valence-electron chi connectivity index (χ2n) is 9.21. The zero-order chi connectivity index (χ0) is 19.6. The average molecular weight is 385 g/mol. The maximum Gasteiger partial charge on any atom is 0.241 e. The summed E-state index contributed by atoms with van der Waals surface area (Å²) in [6.07, 6.45) is 7.82. The Hall–Kier alpha value is -2.04. The topological polar surface area (TPSA) is 58.6 Å². The molecule has 4 aliphatic carbocycles. The number of benzene rings is 1. The molecule has 0 saturated heterocycles. The van der Waals surface area contributed by atoms with Crippen LogP contribution in [0.1, 0.15) is 44.9 Å². The summed E-state index contributed by atoms with van der Waals surface area (Å²) in [5, 5.41) is 2.98. The lowest BCUT2D eigenvalue weighted by atomic mass is 9.49. The Morgan fingerprint density at radius 2 is 1.68 bits per heavy atom. The van der Waals surface area contributed by atoms with Gasteiger partial charge in [-0.1, -0.05) is 18.2 Å². The average Bonchev–Trinajstić information content (AvgIpc) is 2.68. The van der Waals surface area contributed by atoms with Crippen molar-refractivity contribution in [3.63, 3.8) is 0 Å². The van der Waals surface area contributed by atoms with Crippen molar-refractivity contribution in [1.29, 1.82) is 0 Å². The Morgan fingerprint density at radius 1 is 1.07 bits per heavy atom. The monoisotopic (exact) mass is 384 g/mol. The number of carbonyl (C=O) groups is 2. The maximum atomic E-state index is 12.9. The van der Waals surface area contributed by atoms with Crippen LogP contribution < -0.4 is 10.1 Å². The number of nitrogens with zero attached hydrogens (tertiary/aromatic N) is 1. The van der Waals surface area contributed by atoms with Gasteiger partial charge < -0.3 is 15.0 Å². The summed E-state index contributed by atoms with van der Waals surface area (Å²) in [5.74, 6) is 3.15. The first-order valence-electron chi connectivity index (χ1n) is 10.7. The lowest BCUT2D eigenvalue weighted by molar-refractivity contribution is -0.147. The van der Waals surface area contributed by atoms with Crippen LogP contribution in [-0.2, 0) is 9.59 Å². The molecule has 1 aromatic carbocycles. The highest BCUT2D eigenvalue weighted by Gasteiger charge is 2.54. The van der Waals surface area contributed by atoms with Crippen LogP contribution in [0, 0.1) is 23.2 Å². The summed E-state index contributed by atoms with van der Waals surface area (Å²) in [7, 11) is 1.79. The summed E-state index contributed by atoms with van der Waals surface area (Å²) >= 11 is 0. The molecular formula is C23H32N2O3. The van der Waals surface area contributed by atoms with E-state index in [0.717, 1.165) is 49.2 Å². The second-order valence-corrected chi connectivity index (χ2v) is 9.21. The third kappa shape index (κ3) is 4.18. The Kier molecular flexibility index (Phi) is 5.61. The van der Waals surface area contributed by atoms with Gasteiger partial charge in [-0.15, -0.1) is 0 Å². The molecule has 0 heterocycles. The molecule has 1 aromatic rings. The number of para-hydroxylation sites is 1. The Balaban J connectivity index is 1.18. The molecule has 0 spiro atoms. The Labute approximate surface area is 167 Å². The standard InChI is InChI=1S/C23H32N2O3/c1-25(8-5-9-28-20-6-3-2-4-7-20)21(26)16-24-22(27)23-13-17-10-18(14-23)12-19(11-17)15-23/h2-4,6-7,17-19H,5,8-16H2,1H3,(H,24,27). The molecule has 4 bridgehead atoms. The highest BCUT2D eigenvalue weighted by Crippen LogP contribution is 2.60. The number of rotatable bonds is 8. The van der Waals surface area contributed by atoms with Gasteiger partial charge in [0.25, 0.3) is 0 Å². The van der Waals surface area contributed by atoms with Crippen LogP contribution in [0.4, 0.5) is 0 Å². The largest absolute Gasteiger partial charge is 0.494 e. The normalized spacial score (nSPS) is 30.1. The van der Waals surface area contributed by atoms with Gasteiger partial charge in [0, 0.05) is 19.0 Å². The highest BCUT2D eigenvalue weighted by molar-refractivity contribution is 5.88. The van der Waals surface area contributed by atoms with Crippen LogP contribution in [0.5, 0.6) is 5.75 Å². The Bertz CT molecular complexity index is 668. The molecule has 0 aromatic heterocycles. The van der Waals surface area contributed by atoms with Gasteiger partial charge in [-0.3, -0.25) is 9.59 Å². The minimum absolute atomic E-state index is 0.0298. The summed E-state index contributed by atoms with van der Waals surface area (Å²) in [6.45, 7) is 1.30. The lowest BCUT2D eigenvalue weighted by Crippen LogP contribution is -2.54. The zero-order valence-electron chi connectivity index (χ0n) is 16.9. The second kappa shape index (κ2) is 8.14. The minimum atomic E-state index is -0.183. The molecule has 2 amide bonds. The molecule has 0 unspecified atom stereocenters. The van der Waals surface area contributed by atoms with E-state index < -0.39 is 0 Å². The molecule has 28 heavy (non-hydrogen) atoms. The van der Waals surface area contributed by atoms with Crippen LogP contribution in [-0.4, -0.2) is 43.5 Å². The Morgan fingerprint density at radius 3 is 2.29 bits per heavy atom. The van der Waals surface area contributed by atoms with Gasteiger partial charge in [-0.05, 0) is 74.8 Å². The molecule has 4 aliphatic rings. The molecule has 5 nitrogen and oxygen atoms in total. The summed E-state index contributed by atoms with van der Waals surface area (Å²) in [5.41, 5.74) is -0.183. The molecule has 0 atom stereocenters. The predicted molar refractivity (Wildman–Crippen MR) is 108 cm³/mol. The summed E-state index contributed by atoms with van der Waals surface area (Å²) in [4.78, 5) is 27.0. The predicted octanol–water partition coefficient (Wildman–Crippen LogP) is 3.25. The maximum absolute atomic E-state index is 12.9. The van der Waals surface area contributed by atoms with E-state index in [1.54, 1.807) is 11.9 Å². The van der Waals surface area contributed by atoms with E-state index in [9.17, 15) is 9.59 Å². The van der Waals surface area contributed by atoms with Gasteiger partial charge in [0.05, 0.1) is 13.2 Å². The van der Waals surface area contributed by atoms with Crippen LogP contribution in [0.15, 0.2) is 30.3 Å². The summed E-state index contributed by atoms with van der Waals surface area (Å²) in [6, 6.07) is 9.69. The van der Waals surface area contributed by atoms with Crippen molar-refractivity contribution in [1.82, 2.24) is 10.2 Å². The zero-order valence-corrected chi connectivity index (χ0v) is 16.9. The van der Waals surface area contributed by atoms with Gasteiger partial charge in [-0.2, -0.15) is 0 Å². The van der Waals surface area contributed by atoms with Crippen LogP contribution >= 0.6 is 0 Å². The minimum Gasteiger partial charge on any atom is -0.494 e. The highest BCUT2D eigenvalue weighted by atomic mass is 16.5. The molecule has 4 fully saturated rings. The SMILES string of the molecule is CN(CCCOc1ccccc1)C(=O)CNC(=O)C12CC3CC(CC(C3)C1)C2. The molecule has 0 radical (unpaired) electrons. The van der Waals surface area contributed by atoms with E-state index in [2.05, 4.69) is 5.32 Å². The number of nitrogens with one attached hydrogen (secondary N) is 1. The third-order valence-electron chi connectivity index (χ3n) is 7.00. The van der Waals surface area contributed by atoms with E-state index in [0.29, 0.717) is 13.2 Å². The van der Waals surface area contributed by atoms with Crippen molar-refractivity contribution in [3.8, 4) is 5.75 Å². The van der Waals surface area contributed by atoms with Gasteiger partial charge in [0.2, 0.25) is 11.8 Å². The van der Waals surface area contributed by atoms with Crippen LogP contribution in [0.25, 0.3) is 0 Å². The van der Waals surface area contributed by atoms with Crippen LogP contribution in [0.2, 0.25) is 0 Å². The van der Waals surface area contributed by atoms with Gasteiger partial charge in [0.15, 0.2) is 0 Å². The first kappa shape index (κ1) is 19.3. The molecule has 5 rings (SSSR count). The number of likely N-dealkylation sites (N-methyl/N-ethyl adjacent to an activating group) is 1. The fraction of sp³-hybridized carbons (Fsp3) is 0.652. The van der Waals surface area contributed by atoms with Crippen LogP contribution in [0.3, 0.4) is 0 Å². The number of ether oxygens (including phenoxy) is 1. The van der Waals surface area contributed by atoms with E-state index in [-0.39, 0.29) is 23.8 Å². The van der Waals surface area contributed by atoms with Crippen molar-refractivity contribution in [2.45, 2.75) is 44.9 Å². The number of hydrogen-bond acceptors (Lipinski definition) is 3. The fourth-order valence-corrected chi connectivity index (χ4v) is 6.00. The number of amides is 2. The van der Waals surface area contributed by atoms with E-state index in [4.69, 9.17) is 4.74 Å².